The molecule has 0 amide bonds. The van der Waals surface area contributed by atoms with Crippen LogP contribution in [0.4, 0.5) is 0 Å². The van der Waals surface area contributed by atoms with Crippen molar-refractivity contribution in [2.45, 2.75) is 25.0 Å². The first-order chi connectivity index (χ1) is 8.35. The van der Waals surface area contributed by atoms with Crippen LogP contribution in [0.2, 0.25) is 0 Å². The molecule has 18 heavy (non-hydrogen) atoms. The van der Waals surface area contributed by atoms with Gasteiger partial charge in [-0.05, 0) is 18.4 Å². The van der Waals surface area contributed by atoms with Gasteiger partial charge in [0.15, 0.2) is 0 Å². The van der Waals surface area contributed by atoms with Crippen molar-refractivity contribution in [3.63, 3.8) is 0 Å². The molecule has 5 nitrogen and oxygen atoms in total. The van der Waals surface area contributed by atoms with Crippen LogP contribution >= 0.6 is 7.60 Å². The fraction of sp³-hybridized carbons (Fsp3) is 0.500. The average Bonchev–Trinajstić information content (AvgIpc) is 3.06. The van der Waals surface area contributed by atoms with E-state index in [-0.39, 0.29) is 5.60 Å². The van der Waals surface area contributed by atoms with Crippen molar-refractivity contribution in [3.8, 4) is 0 Å². The second-order valence-electron chi connectivity index (χ2n) is 4.50. The van der Waals surface area contributed by atoms with E-state index in [4.69, 9.17) is 20.3 Å². The quantitative estimate of drug-likeness (QED) is 0.723. The summed E-state index contributed by atoms with van der Waals surface area (Å²) in [6, 6.07) is 10.2. The molecule has 1 fully saturated rings. The molecule has 0 saturated heterocycles. The third-order valence-corrected chi connectivity index (χ3v) is 2.57. The standard InChI is InChI=1S/C11H15NO.CH5O3P/c12-9-11(6-7-11)13-8-10-4-2-1-3-5-10;1-5(2,3)4/h1-5H,6-9,12H2;1H3,(H2,2,3,4). The predicted octanol–water partition coefficient (Wildman–Crippen LogP) is 1.49. The lowest BCUT2D eigenvalue weighted by molar-refractivity contribution is 0.0264. The summed E-state index contributed by atoms with van der Waals surface area (Å²) in [5.74, 6) is 0. The highest BCUT2D eigenvalue weighted by atomic mass is 31.2. The molecule has 1 aliphatic rings. The molecule has 1 aliphatic carbocycles. The molecule has 1 saturated carbocycles. The number of nitrogens with two attached hydrogens (primary N) is 1. The second-order valence-corrected chi connectivity index (χ2v) is 6.17. The van der Waals surface area contributed by atoms with E-state index in [1.807, 2.05) is 18.2 Å². The van der Waals surface area contributed by atoms with Crippen molar-refractivity contribution in [1.29, 1.82) is 0 Å². The molecule has 0 heterocycles. The molecule has 2 rings (SSSR count). The van der Waals surface area contributed by atoms with Gasteiger partial charge in [-0.25, -0.2) is 0 Å². The lowest BCUT2D eigenvalue weighted by atomic mass is 10.2. The van der Waals surface area contributed by atoms with Crippen LogP contribution in [0, 0.1) is 0 Å². The molecule has 0 atom stereocenters. The van der Waals surface area contributed by atoms with Gasteiger partial charge in [-0.15, -0.1) is 0 Å². The lowest BCUT2D eigenvalue weighted by Gasteiger charge is -2.13. The summed E-state index contributed by atoms with van der Waals surface area (Å²) in [5.41, 5.74) is 6.86. The summed E-state index contributed by atoms with van der Waals surface area (Å²) in [7, 11) is -3.64. The minimum Gasteiger partial charge on any atom is -0.369 e. The zero-order valence-electron chi connectivity index (χ0n) is 10.5. The topological polar surface area (TPSA) is 92.8 Å². The van der Waals surface area contributed by atoms with Gasteiger partial charge in [0.25, 0.3) is 0 Å². The van der Waals surface area contributed by atoms with E-state index in [0.29, 0.717) is 13.2 Å². The number of hydrogen-bond donors (Lipinski definition) is 3. The Morgan fingerprint density at radius 3 is 2.22 bits per heavy atom. The largest absolute Gasteiger partial charge is 0.369 e. The Hall–Kier alpha value is -0.710. The summed E-state index contributed by atoms with van der Waals surface area (Å²) in [6.07, 6.45) is 2.24. The van der Waals surface area contributed by atoms with Crippen molar-refractivity contribution >= 4 is 7.60 Å². The second kappa shape index (κ2) is 6.45. The zero-order chi connectivity index (χ0) is 13.6. The molecule has 1 aromatic rings. The highest BCUT2D eigenvalue weighted by Crippen LogP contribution is 2.38. The van der Waals surface area contributed by atoms with Crippen LogP contribution in [-0.4, -0.2) is 28.6 Å². The van der Waals surface area contributed by atoms with Gasteiger partial charge in [0.1, 0.15) is 0 Å². The van der Waals surface area contributed by atoms with E-state index in [9.17, 15) is 4.57 Å². The van der Waals surface area contributed by atoms with Gasteiger partial charge in [-0.1, -0.05) is 30.3 Å². The van der Waals surface area contributed by atoms with Crippen LogP contribution in [0.5, 0.6) is 0 Å². The molecule has 0 bridgehead atoms. The van der Waals surface area contributed by atoms with E-state index in [2.05, 4.69) is 12.1 Å². The Balaban J connectivity index is 0.000000280. The van der Waals surface area contributed by atoms with Gasteiger partial charge in [0, 0.05) is 13.2 Å². The maximum absolute atomic E-state index is 9.33. The van der Waals surface area contributed by atoms with Gasteiger partial charge in [0.05, 0.1) is 12.2 Å². The molecule has 0 aromatic heterocycles. The van der Waals surface area contributed by atoms with Gasteiger partial charge in [0.2, 0.25) is 0 Å². The van der Waals surface area contributed by atoms with E-state index in [1.54, 1.807) is 0 Å². The smallest absolute Gasteiger partial charge is 0.322 e. The van der Waals surface area contributed by atoms with Gasteiger partial charge >= 0.3 is 7.60 Å². The van der Waals surface area contributed by atoms with Crippen LogP contribution in [0.15, 0.2) is 30.3 Å². The maximum atomic E-state index is 9.33. The minimum atomic E-state index is -3.64. The van der Waals surface area contributed by atoms with Crippen LogP contribution in [0.25, 0.3) is 0 Å². The molecule has 1 aromatic carbocycles. The first kappa shape index (κ1) is 15.3. The fourth-order valence-electron chi connectivity index (χ4n) is 1.36. The summed E-state index contributed by atoms with van der Waals surface area (Å²) in [6.45, 7) is 2.20. The molecule has 0 unspecified atom stereocenters. The summed E-state index contributed by atoms with van der Waals surface area (Å²) >= 11 is 0. The van der Waals surface area contributed by atoms with Gasteiger partial charge < -0.3 is 20.3 Å². The molecule has 4 N–H and O–H groups in total. The first-order valence-corrected chi connectivity index (χ1v) is 7.82. The third kappa shape index (κ3) is 6.89. The normalized spacial score (nSPS) is 16.7. The van der Waals surface area contributed by atoms with Crippen LogP contribution in [0.1, 0.15) is 18.4 Å². The average molecular weight is 273 g/mol. The number of hydrogen-bond acceptors (Lipinski definition) is 3. The van der Waals surface area contributed by atoms with E-state index in [1.165, 1.54) is 5.56 Å². The van der Waals surface area contributed by atoms with E-state index < -0.39 is 7.60 Å². The van der Waals surface area contributed by atoms with Crippen LogP contribution < -0.4 is 5.73 Å². The SMILES string of the molecule is CP(=O)(O)O.NCC1(OCc2ccccc2)CC1. The zero-order valence-corrected chi connectivity index (χ0v) is 11.3. The molecular formula is C12H20NO4P. The van der Waals surface area contributed by atoms with Crippen molar-refractivity contribution < 1.29 is 19.1 Å². The minimum absolute atomic E-state index is 0.0237. The van der Waals surface area contributed by atoms with E-state index >= 15 is 0 Å². The van der Waals surface area contributed by atoms with Gasteiger partial charge in [-0.3, -0.25) is 4.57 Å². The highest BCUT2D eigenvalue weighted by Gasteiger charge is 2.42. The molecule has 0 spiro atoms. The van der Waals surface area contributed by atoms with Crippen molar-refractivity contribution in [2.24, 2.45) is 5.73 Å². The first-order valence-electron chi connectivity index (χ1n) is 5.76. The Morgan fingerprint density at radius 1 is 1.33 bits per heavy atom. The summed E-state index contributed by atoms with van der Waals surface area (Å²) in [5, 5.41) is 0. The highest BCUT2D eigenvalue weighted by molar-refractivity contribution is 7.50. The molecule has 0 radical (unpaired) electrons. The summed E-state index contributed by atoms with van der Waals surface area (Å²) < 4.78 is 15.1. The number of benzene rings is 1. The third-order valence-electron chi connectivity index (χ3n) is 2.57. The van der Waals surface area contributed by atoms with Crippen molar-refractivity contribution in [2.75, 3.05) is 13.2 Å². The molecule has 6 heteroatoms. The fourth-order valence-corrected chi connectivity index (χ4v) is 1.36. The maximum Gasteiger partial charge on any atom is 0.322 e. The number of rotatable bonds is 4. The Labute approximate surface area is 107 Å². The molecule has 102 valence electrons. The van der Waals surface area contributed by atoms with E-state index in [0.717, 1.165) is 19.5 Å². The Morgan fingerprint density at radius 2 is 1.83 bits per heavy atom. The number of ether oxygens (including phenoxy) is 1. The molecule has 0 aliphatic heterocycles. The van der Waals surface area contributed by atoms with Gasteiger partial charge in [-0.2, -0.15) is 0 Å². The Bertz CT molecular complexity index is 392. The predicted molar refractivity (Wildman–Crippen MR) is 70.2 cm³/mol. The monoisotopic (exact) mass is 273 g/mol. The molecular weight excluding hydrogens is 253 g/mol. The van der Waals surface area contributed by atoms with Crippen LogP contribution in [0.3, 0.4) is 0 Å². The Kier molecular flexibility index (Phi) is 5.50. The van der Waals surface area contributed by atoms with Crippen molar-refractivity contribution in [3.05, 3.63) is 35.9 Å². The van der Waals surface area contributed by atoms with Crippen LogP contribution in [-0.2, 0) is 15.9 Å². The summed E-state index contributed by atoms with van der Waals surface area (Å²) in [4.78, 5) is 15.3. The lowest BCUT2D eigenvalue weighted by Crippen LogP contribution is -2.25. The van der Waals surface area contributed by atoms with Crippen molar-refractivity contribution in [1.82, 2.24) is 0 Å².